The molecule has 0 saturated carbocycles. The fourth-order valence-electron chi connectivity index (χ4n) is 1.62. The number of ether oxygens (including phenoxy) is 1. The van der Waals surface area contributed by atoms with Crippen LogP contribution in [0.2, 0.25) is 0 Å². The number of methoxy groups -OCH3 is 1. The first-order valence-corrected chi connectivity index (χ1v) is 5.66. The summed E-state index contributed by atoms with van der Waals surface area (Å²) in [5.74, 6) is 0.716. The maximum Gasteiger partial charge on any atom is 0.223 e. The Balaban J connectivity index is 1.91. The molecule has 0 N–H and O–H groups in total. The fraction of sp³-hybridized carbons (Fsp3) is 0.385. The minimum Gasteiger partial charge on any atom is -0.497 e. The van der Waals surface area contributed by atoms with Crippen LogP contribution in [0.15, 0.2) is 24.3 Å². The number of Topliss-reactive ketones (excluding diaryl/α,β-unsaturated/α-hetero) is 1. The first kappa shape index (κ1) is 11.6. The average molecular weight is 233 g/mol. The van der Waals surface area contributed by atoms with Gasteiger partial charge in [-0.05, 0) is 12.1 Å². The quantitative estimate of drug-likeness (QED) is 0.572. The Bertz CT molecular complexity index is 438. The largest absolute Gasteiger partial charge is 0.497 e. The van der Waals surface area contributed by atoms with E-state index in [2.05, 4.69) is 0 Å². The summed E-state index contributed by atoms with van der Waals surface area (Å²) in [5, 5.41) is 0. The molecule has 1 aliphatic rings. The third-order valence-electron chi connectivity index (χ3n) is 2.76. The molecule has 4 heteroatoms. The zero-order chi connectivity index (χ0) is 12.3. The first-order valence-electron chi connectivity index (χ1n) is 5.66. The Morgan fingerprint density at radius 1 is 1.29 bits per heavy atom. The number of rotatable bonds is 5. The molecule has 1 amide bonds. The summed E-state index contributed by atoms with van der Waals surface area (Å²) in [5.41, 5.74) is 0.600. The number of carbonyl (C=O) groups is 2. The highest BCUT2D eigenvalue weighted by atomic mass is 16.5. The Morgan fingerprint density at radius 3 is 2.71 bits per heavy atom. The van der Waals surface area contributed by atoms with E-state index in [1.165, 1.54) is 0 Å². The molecule has 1 heterocycles. The molecule has 0 atom stereocenters. The number of carbonyl (C=O) groups excluding carboxylic acids is 2. The van der Waals surface area contributed by atoms with E-state index in [0.29, 0.717) is 17.7 Å². The number of ketones is 1. The molecule has 0 aliphatic carbocycles. The first-order chi connectivity index (χ1) is 8.20. The maximum absolute atomic E-state index is 11.8. The average Bonchev–Trinajstić information content (AvgIpc) is 3.19. The van der Waals surface area contributed by atoms with Crippen molar-refractivity contribution in [2.75, 3.05) is 20.2 Å². The molecule has 2 rings (SSSR count). The molecule has 1 aromatic rings. The highest BCUT2D eigenvalue weighted by molar-refractivity contribution is 5.98. The van der Waals surface area contributed by atoms with Crippen molar-refractivity contribution in [1.82, 2.24) is 4.90 Å². The second kappa shape index (κ2) is 4.99. The summed E-state index contributed by atoms with van der Waals surface area (Å²) < 4.78 is 5.05. The number of hydrogen-bond acceptors (Lipinski definition) is 3. The molecule has 0 spiro atoms. The van der Waals surface area contributed by atoms with E-state index < -0.39 is 0 Å². The van der Waals surface area contributed by atoms with Crippen LogP contribution in [0.5, 0.6) is 5.75 Å². The molecule has 1 fully saturated rings. The van der Waals surface area contributed by atoms with Crippen molar-refractivity contribution in [2.24, 2.45) is 0 Å². The predicted octanol–water partition coefficient (Wildman–Crippen LogP) is 1.50. The Hall–Kier alpha value is -1.84. The van der Waals surface area contributed by atoms with Gasteiger partial charge in [-0.3, -0.25) is 9.59 Å². The van der Waals surface area contributed by atoms with Crippen LogP contribution in [-0.2, 0) is 4.79 Å². The van der Waals surface area contributed by atoms with Gasteiger partial charge in [-0.1, -0.05) is 12.1 Å². The zero-order valence-electron chi connectivity index (χ0n) is 9.81. The molecular formula is C13H15NO3. The lowest BCUT2D eigenvalue weighted by molar-refractivity contribution is -0.125. The molecule has 1 saturated heterocycles. The van der Waals surface area contributed by atoms with Gasteiger partial charge in [0.25, 0.3) is 0 Å². The normalized spacial score (nSPS) is 13.4. The second-order valence-electron chi connectivity index (χ2n) is 4.04. The van der Waals surface area contributed by atoms with Gasteiger partial charge in [0, 0.05) is 31.5 Å². The van der Waals surface area contributed by atoms with Crippen molar-refractivity contribution in [3.05, 3.63) is 29.8 Å². The summed E-state index contributed by atoms with van der Waals surface area (Å²) in [6, 6.07) is 7.01. The van der Waals surface area contributed by atoms with Gasteiger partial charge in [-0.25, -0.2) is 0 Å². The van der Waals surface area contributed by atoms with E-state index in [1.54, 1.807) is 36.3 Å². The Labute approximate surface area is 100 Å². The van der Waals surface area contributed by atoms with Crippen LogP contribution in [0, 0.1) is 0 Å². The van der Waals surface area contributed by atoms with Crippen molar-refractivity contribution < 1.29 is 14.3 Å². The second-order valence-corrected chi connectivity index (χ2v) is 4.04. The molecular weight excluding hydrogens is 218 g/mol. The SMILES string of the molecule is COc1cccc(C(=O)CCC(=O)N2CC2)c1. The molecule has 0 unspecified atom stereocenters. The summed E-state index contributed by atoms with van der Waals surface area (Å²) in [7, 11) is 1.56. The Morgan fingerprint density at radius 2 is 2.06 bits per heavy atom. The zero-order valence-corrected chi connectivity index (χ0v) is 9.81. The molecule has 0 bridgehead atoms. The summed E-state index contributed by atoms with van der Waals surface area (Å²) >= 11 is 0. The van der Waals surface area contributed by atoms with Crippen molar-refractivity contribution in [2.45, 2.75) is 12.8 Å². The van der Waals surface area contributed by atoms with Crippen molar-refractivity contribution in [3.63, 3.8) is 0 Å². The third-order valence-corrected chi connectivity index (χ3v) is 2.76. The highest BCUT2D eigenvalue weighted by Gasteiger charge is 2.24. The van der Waals surface area contributed by atoms with Gasteiger partial charge in [-0.15, -0.1) is 0 Å². The standard InChI is InChI=1S/C13H15NO3/c1-17-11-4-2-3-10(9-11)12(15)5-6-13(16)14-7-8-14/h2-4,9H,5-8H2,1H3. The monoisotopic (exact) mass is 233 g/mol. The number of amides is 1. The molecule has 4 nitrogen and oxygen atoms in total. The van der Waals surface area contributed by atoms with Crippen LogP contribution in [0.1, 0.15) is 23.2 Å². The van der Waals surface area contributed by atoms with E-state index in [1.807, 2.05) is 0 Å². The van der Waals surface area contributed by atoms with E-state index in [9.17, 15) is 9.59 Å². The Kier molecular flexibility index (Phi) is 3.42. The van der Waals surface area contributed by atoms with Crippen molar-refractivity contribution in [3.8, 4) is 5.75 Å². The topological polar surface area (TPSA) is 46.4 Å². The molecule has 90 valence electrons. The van der Waals surface area contributed by atoms with Gasteiger partial charge in [-0.2, -0.15) is 0 Å². The fourth-order valence-corrected chi connectivity index (χ4v) is 1.62. The summed E-state index contributed by atoms with van der Waals surface area (Å²) in [6.45, 7) is 1.68. The molecule has 0 aromatic heterocycles. The van der Waals surface area contributed by atoms with Gasteiger partial charge in [0.05, 0.1) is 7.11 Å². The van der Waals surface area contributed by atoms with Gasteiger partial charge < -0.3 is 9.64 Å². The van der Waals surface area contributed by atoms with Crippen molar-refractivity contribution >= 4 is 11.7 Å². The van der Waals surface area contributed by atoms with E-state index in [0.717, 1.165) is 13.1 Å². The van der Waals surface area contributed by atoms with Crippen LogP contribution in [0.4, 0.5) is 0 Å². The minimum atomic E-state index is -0.0147. The lowest BCUT2D eigenvalue weighted by atomic mass is 10.1. The summed E-state index contributed by atoms with van der Waals surface area (Å²) in [4.78, 5) is 25.0. The highest BCUT2D eigenvalue weighted by Crippen LogP contribution is 2.15. The number of benzene rings is 1. The van der Waals surface area contributed by atoms with E-state index in [-0.39, 0.29) is 18.1 Å². The predicted molar refractivity (Wildman–Crippen MR) is 63.1 cm³/mol. The van der Waals surface area contributed by atoms with Crippen LogP contribution in [0.25, 0.3) is 0 Å². The van der Waals surface area contributed by atoms with E-state index in [4.69, 9.17) is 4.74 Å². The lowest BCUT2D eigenvalue weighted by Crippen LogP contribution is -2.12. The number of hydrogen-bond donors (Lipinski definition) is 0. The van der Waals surface area contributed by atoms with Crippen LogP contribution in [0.3, 0.4) is 0 Å². The molecule has 17 heavy (non-hydrogen) atoms. The molecule has 1 aromatic carbocycles. The molecule has 1 aliphatic heterocycles. The van der Waals surface area contributed by atoms with Gasteiger partial charge in [0.2, 0.25) is 5.91 Å². The molecule has 0 radical (unpaired) electrons. The lowest BCUT2D eigenvalue weighted by Gasteiger charge is -2.04. The van der Waals surface area contributed by atoms with Crippen molar-refractivity contribution in [1.29, 1.82) is 0 Å². The summed E-state index contributed by atoms with van der Waals surface area (Å²) in [6.07, 6.45) is 0.568. The van der Waals surface area contributed by atoms with Gasteiger partial charge in [0.15, 0.2) is 5.78 Å². The number of nitrogens with zero attached hydrogens (tertiary/aromatic N) is 1. The van der Waals surface area contributed by atoms with E-state index >= 15 is 0 Å². The van der Waals surface area contributed by atoms with Gasteiger partial charge in [0.1, 0.15) is 5.75 Å². The third kappa shape index (κ3) is 3.06. The van der Waals surface area contributed by atoms with Crippen LogP contribution in [-0.4, -0.2) is 36.8 Å². The maximum atomic E-state index is 11.8. The smallest absolute Gasteiger partial charge is 0.223 e. The minimum absolute atomic E-state index is 0.0147. The van der Waals surface area contributed by atoms with Crippen LogP contribution < -0.4 is 4.74 Å². The van der Waals surface area contributed by atoms with Crippen LogP contribution >= 0.6 is 0 Å². The van der Waals surface area contributed by atoms with Gasteiger partial charge >= 0.3 is 0 Å².